The minimum atomic E-state index is -0.594. The van der Waals surface area contributed by atoms with E-state index in [1.807, 2.05) is 26.8 Å². The molecule has 0 atom stereocenters. The van der Waals surface area contributed by atoms with Crippen molar-refractivity contribution in [2.45, 2.75) is 64.8 Å². The molecule has 0 unspecified atom stereocenters. The monoisotopic (exact) mass is 346 g/mol. The molecule has 0 saturated heterocycles. The maximum Gasteiger partial charge on any atom is 0.270 e. The Morgan fingerprint density at radius 3 is 2.52 bits per heavy atom. The van der Waals surface area contributed by atoms with Crippen molar-refractivity contribution in [2.75, 3.05) is 0 Å². The Morgan fingerprint density at radius 2 is 1.84 bits per heavy atom. The zero-order chi connectivity index (χ0) is 18.4. The van der Waals surface area contributed by atoms with Crippen LogP contribution in [0.2, 0.25) is 0 Å². The van der Waals surface area contributed by atoms with E-state index >= 15 is 0 Å². The third-order valence-electron chi connectivity index (χ3n) is 4.24. The second kappa shape index (κ2) is 8.28. The van der Waals surface area contributed by atoms with Gasteiger partial charge in [-0.25, -0.2) is 9.40 Å². The predicted octanol–water partition coefficient (Wildman–Crippen LogP) is 4.38. The highest BCUT2D eigenvalue weighted by molar-refractivity contribution is 5.99. The number of rotatable bonds is 2. The molecule has 1 aromatic carbocycles. The van der Waals surface area contributed by atoms with Crippen molar-refractivity contribution < 1.29 is 14.0 Å². The van der Waals surface area contributed by atoms with Crippen LogP contribution in [0, 0.1) is 5.82 Å². The number of benzene rings is 1. The van der Waals surface area contributed by atoms with Crippen molar-refractivity contribution >= 4 is 11.8 Å². The van der Waals surface area contributed by atoms with Crippen molar-refractivity contribution in [3.63, 3.8) is 0 Å². The van der Waals surface area contributed by atoms with Crippen LogP contribution < -0.4 is 5.43 Å². The van der Waals surface area contributed by atoms with E-state index in [1.54, 1.807) is 0 Å². The molecule has 0 aromatic heterocycles. The topological polar surface area (TPSA) is 49.4 Å². The normalized spacial score (nSPS) is 15.6. The summed E-state index contributed by atoms with van der Waals surface area (Å²) in [5.74, 6) is -1.16. The van der Waals surface area contributed by atoms with Gasteiger partial charge in [0.15, 0.2) is 0 Å². The molecule has 136 valence electrons. The van der Waals surface area contributed by atoms with Gasteiger partial charge in [0.2, 0.25) is 0 Å². The third-order valence-corrected chi connectivity index (χ3v) is 4.24. The van der Waals surface area contributed by atoms with E-state index in [0.29, 0.717) is 0 Å². The third kappa shape index (κ3) is 5.41. The summed E-state index contributed by atoms with van der Waals surface area (Å²) in [5, 5.41) is 1.37. The molecular formula is C20H27FN2O2. The Balaban J connectivity index is 2.21. The molecule has 5 heteroatoms. The fraction of sp³-hybridized carbons (Fsp3) is 0.500. The van der Waals surface area contributed by atoms with Crippen molar-refractivity contribution in [1.29, 1.82) is 0 Å². The van der Waals surface area contributed by atoms with Crippen LogP contribution in [-0.4, -0.2) is 22.4 Å². The first-order chi connectivity index (χ1) is 11.8. The molecule has 0 bridgehead atoms. The maximum atomic E-state index is 13.4. The van der Waals surface area contributed by atoms with Crippen molar-refractivity contribution in [3.05, 3.63) is 47.3 Å². The quantitative estimate of drug-likeness (QED) is 0.808. The first-order valence-electron chi connectivity index (χ1n) is 8.89. The lowest BCUT2D eigenvalue weighted by Gasteiger charge is -2.36. The van der Waals surface area contributed by atoms with Gasteiger partial charge >= 0.3 is 0 Å². The fourth-order valence-corrected chi connectivity index (χ4v) is 2.85. The Labute approximate surface area is 149 Å². The van der Waals surface area contributed by atoms with E-state index < -0.39 is 17.3 Å². The number of hydrazine groups is 1. The summed E-state index contributed by atoms with van der Waals surface area (Å²) in [7, 11) is 0. The highest BCUT2D eigenvalue weighted by Crippen LogP contribution is 2.22. The van der Waals surface area contributed by atoms with Crippen LogP contribution in [0.3, 0.4) is 0 Å². The second-order valence-electron chi connectivity index (χ2n) is 7.44. The number of nitrogens with zero attached hydrogens (tertiary/aromatic N) is 1. The van der Waals surface area contributed by atoms with Gasteiger partial charge in [-0.1, -0.05) is 25.0 Å². The van der Waals surface area contributed by atoms with Gasteiger partial charge in [0.1, 0.15) is 5.82 Å². The second-order valence-corrected chi connectivity index (χ2v) is 7.44. The molecule has 1 aliphatic carbocycles. The van der Waals surface area contributed by atoms with E-state index in [0.717, 1.165) is 43.7 Å². The smallest absolute Gasteiger partial charge is 0.268 e. The van der Waals surface area contributed by atoms with Crippen LogP contribution in [0.15, 0.2) is 35.9 Å². The number of amides is 2. The van der Waals surface area contributed by atoms with Gasteiger partial charge in [-0.2, -0.15) is 0 Å². The largest absolute Gasteiger partial charge is 0.270 e. The molecule has 2 rings (SSSR count). The van der Waals surface area contributed by atoms with Gasteiger partial charge in [-0.3, -0.25) is 15.0 Å². The number of halogens is 1. The minimum Gasteiger partial charge on any atom is -0.268 e. The summed E-state index contributed by atoms with van der Waals surface area (Å²) in [5.41, 5.74) is 3.01. The van der Waals surface area contributed by atoms with Crippen molar-refractivity contribution in [3.8, 4) is 0 Å². The number of hydrogen-bond donors (Lipinski definition) is 1. The molecule has 4 nitrogen and oxygen atoms in total. The van der Waals surface area contributed by atoms with Crippen molar-refractivity contribution in [2.24, 2.45) is 0 Å². The van der Waals surface area contributed by atoms with Gasteiger partial charge in [0, 0.05) is 11.1 Å². The zero-order valence-electron chi connectivity index (χ0n) is 15.3. The first kappa shape index (κ1) is 19.2. The molecule has 0 spiro atoms. The summed E-state index contributed by atoms with van der Waals surface area (Å²) in [6.07, 6.45) is 7.98. The first-order valence-corrected chi connectivity index (χ1v) is 8.89. The Hall–Kier alpha value is -2.17. The SMILES string of the molecule is CC(C)(C)N(NC(=O)c1cccc(F)c1)C(=O)C1=CCCCCCC1. The number of carbonyl (C=O) groups is 2. The Morgan fingerprint density at radius 1 is 1.12 bits per heavy atom. The fourth-order valence-electron chi connectivity index (χ4n) is 2.85. The summed E-state index contributed by atoms with van der Waals surface area (Å²) in [4.78, 5) is 25.5. The van der Waals surface area contributed by atoms with Gasteiger partial charge in [-0.15, -0.1) is 0 Å². The van der Waals surface area contributed by atoms with E-state index in [9.17, 15) is 14.0 Å². The van der Waals surface area contributed by atoms with Crippen LogP contribution in [0.25, 0.3) is 0 Å². The van der Waals surface area contributed by atoms with E-state index in [4.69, 9.17) is 0 Å². The molecular weight excluding hydrogens is 319 g/mol. The average molecular weight is 346 g/mol. The van der Waals surface area contributed by atoms with Gasteiger partial charge < -0.3 is 0 Å². The summed E-state index contributed by atoms with van der Waals surface area (Å²) in [6.45, 7) is 5.58. The number of hydrogen-bond acceptors (Lipinski definition) is 2. The van der Waals surface area contributed by atoms with Crippen molar-refractivity contribution in [1.82, 2.24) is 10.4 Å². The highest BCUT2D eigenvalue weighted by Gasteiger charge is 2.30. The number of carbonyl (C=O) groups excluding carboxylic acids is 2. The van der Waals surface area contributed by atoms with Crippen LogP contribution >= 0.6 is 0 Å². The Kier molecular flexibility index (Phi) is 6.34. The van der Waals surface area contributed by atoms with Crippen LogP contribution in [-0.2, 0) is 4.79 Å². The molecule has 1 N–H and O–H groups in total. The van der Waals surface area contributed by atoms with E-state index in [1.165, 1.54) is 29.6 Å². The molecule has 2 amide bonds. The van der Waals surface area contributed by atoms with Gasteiger partial charge in [-0.05, 0) is 64.7 Å². The maximum absolute atomic E-state index is 13.4. The minimum absolute atomic E-state index is 0.181. The standard InChI is InChI=1S/C20H27FN2O2/c1-20(2,3)23(19(25)15-10-7-5-4-6-8-11-15)22-18(24)16-12-9-13-17(21)14-16/h9-10,12-14H,4-8,11H2,1-3H3,(H,22,24). The molecule has 0 saturated carbocycles. The number of nitrogens with one attached hydrogen (secondary N) is 1. The van der Waals surface area contributed by atoms with Crippen LogP contribution in [0.1, 0.15) is 69.7 Å². The molecule has 0 heterocycles. The lowest BCUT2D eigenvalue weighted by molar-refractivity contribution is -0.135. The molecule has 1 aliphatic rings. The predicted molar refractivity (Wildman–Crippen MR) is 96.3 cm³/mol. The summed E-state index contributed by atoms with van der Waals surface area (Å²) >= 11 is 0. The van der Waals surface area contributed by atoms with E-state index in [2.05, 4.69) is 5.43 Å². The van der Waals surface area contributed by atoms with Gasteiger partial charge in [0.05, 0.1) is 5.54 Å². The molecule has 0 radical (unpaired) electrons. The van der Waals surface area contributed by atoms with Crippen LogP contribution in [0.5, 0.6) is 0 Å². The highest BCUT2D eigenvalue weighted by atomic mass is 19.1. The summed E-state index contributed by atoms with van der Waals surface area (Å²) in [6, 6.07) is 5.45. The molecule has 0 fully saturated rings. The molecule has 25 heavy (non-hydrogen) atoms. The zero-order valence-corrected chi connectivity index (χ0v) is 15.3. The van der Waals surface area contributed by atoms with E-state index in [-0.39, 0.29) is 11.5 Å². The number of allylic oxidation sites excluding steroid dienone is 1. The molecule has 1 aromatic rings. The van der Waals surface area contributed by atoms with Gasteiger partial charge in [0.25, 0.3) is 11.8 Å². The molecule has 0 aliphatic heterocycles. The Bertz CT molecular complexity index is 662. The summed E-state index contributed by atoms with van der Waals surface area (Å²) < 4.78 is 13.4. The lowest BCUT2D eigenvalue weighted by atomic mass is 9.98. The van der Waals surface area contributed by atoms with Crippen LogP contribution in [0.4, 0.5) is 4.39 Å². The lowest BCUT2D eigenvalue weighted by Crippen LogP contribution is -2.56. The average Bonchev–Trinajstić information content (AvgIpc) is 2.50.